The van der Waals surface area contributed by atoms with E-state index in [-0.39, 0.29) is 5.91 Å². The molecule has 0 aliphatic carbocycles. The van der Waals surface area contributed by atoms with E-state index in [0.29, 0.717) is 0 Å². The van der Waals surface area contributed by atoms with Crippen LogP contribution in [0.1, 0.15) is 0 Å². The lowest BCUT2D eigenvalue weighted by atomic mass is 10.6. The van der Waals surface area contributed by atoms with Crippen molar-refractivity contribution < 1.29 is 4.79 Å². The molecule has 0 heterocycles. The lowest BCUT2D eigenvalue weighted by molar-refractivity contribution is -0.118. The molecule has 0 saturated carbocycles. The number of amides is 1. The number of hydrogen-bond donors (Lipinski definition) is 0. The molecular weight excluding hydrogens is 154 g/mol. The van der Waals surface area contributed by atoms with Gasteiger partial charge in [-0.1, -0.05) is 6.58 Å². The molecule has 0 atom stereocenters. The van der Waals surface area contributed by atoms with E-state index < -0.39 is 0 Å². The summed E-state index contributed by atoms with van der Waals surface area (Å²) >= 11 is 2.76. The van der Waals surface area contributed by atoms with Crippen LogP contribution in [-0.4, -0.2) is 22.1 Å². The highest BCUT2D eigenvalue weighted by molar-refractivity contribution is 8.12. The summed E-state index contributed by atoms with van der Waals surface area (Å²) in [7, 11) is 0. The van der Waals surface area contributed by atoms with Gasteiger partial charge in [-0.2, -0.15) is 0 Å². The topological polar surface area (TPSA) is 20.3 Å². The van der Waals surface area contributed by atoms with E-state index in [4.69, 9.17) is 0 Å². The standard InChI is InChI=1S/C5H9NOS2/c1-4-5(7)6(8-2)9-3/h4H,1H2,2-3H3. The minimum absolute atomic E-state index is 0.0602. The lowest BCUT2D eigenvalue weighted by Gasteiger charge is -2.11. The Morgan fingerprint density at radius 1 is 1.56 bits per heavy atom. The van der Waals surface area contributed by atoms with Gasteiger partial charge in [0, 0.05) is 12.5 Å². The number of carbonyl (C=O) groups is 1. The number of carbonyl (C=O) groups excluding carboxylic acids is 1. The van der Waals surface area contributed by atoms with Crippen molar-refractivity contribution in [1.29, 1.82) is 0 Å². The van der Waals surface area contributed by atoms with E-state index >= 15 is 0 Å². The molecule has 0 bridgehead atoms. The van der Waals surface area contributed by atoms with Gasteiger partial charge in [0.05, 0.1) is 0 Å². The maximum Gasteiger partial charge on any atom is 0.266 e. The second kappa shape index (κ2) is 4.76. The van der Waals surface area contributed by atoms with Crippen LogP contribution >= 0.6 is 23.9 Å². The summed E-state index contributed by atoms with van der Waals surface area (Å²) in [6.07, 6.45) is 4.99. The van der Waals surface area contributed by atoms with Crippen molar-refractivity contribution in [3.63, 3.8) is 0 Å². The van der Waals surface area contributed by atoms with Crippen LogP contribution in [0.4, 0.5) is 0 Å². The zero-order chi connectivity index (χ0) is 7.28. The van der Waals surface area contributed by atoms with Crippen molar-refractivity contribution in [1.82, 2.24) is 3.71 Å². The fourth-order valence-corrected chi connectivity index (χ4v) is 1.43. The van der Waals surface area contributed by atoms with E-state index in [0.717, 1.165) is 0 Å². The monoisotopic (exact) mass is 163 g/mol. The van der Waals surface area contributed by atoms with Crippen LogP contribution < -0.4 is 0 Å². The van der Waals surface area contributed by atoms with Gasteiger partial charge in [-0.3, -0.25) is 4.79 Å². The number of hydrogen-bond acceptors (Lipinski definition) is 3. The van der Waals surface area contributed by atoms with E-state index in [1.54, 1.807) is 3.71 Å². The minimum atomic E-state index is -0.0602. The molecular formula is C5H9NOS2. The molecule has 0 aliphatic rings. The van der Waals surface area contributed by atoms with Gasteiger partial charge in [0.15, 0.2) is 0 Å². The zero-order valence-electron chi connectivity index (χ0n) is 5.46. The molecule has 52 valence electrons. The smallest absolute Gasteiger partial charge is 0.266 e. The Hall–Kier alpha value is -0.0900. The largest absolute Gasteiger partial charge is 0.268 e. The SMILES string of the molecule is C=CC(=O)N(SC)SC. The highest BCUT2D eigenvalue weighted by Crippen LogP contribution is 2.15. The summed E-state index contributed by atoms with van der Waals surface area (Å²) in [4.78, 5) is 10.7. The average Bonchev–Trinajstić information content (AvgIpc) is 1.90. The molecule has 0 radical (unpaired) electrons. The molecule has 0 aromatic heterocycles. The molecule has 0 aliphatic heterocycles. The van der Waals surface area contributed by atoms with Crippen molar-refractivity contribution in [3.8, 4) is 0 Å². The fraction of sp³-hybridized carbons (Fsp3) is 0.400. The molecule has 1 amide bonds. The van der Waals surface area contributed by atoms with Crippen LogP contribution in [0.15, 0.2) is 12.7 Å². The molecule has 0 aromatic rings. The van der Waals surface area contributed by atoms with E-state index in [1.165, 1.54) is 30.0 Å². The van der Waals surface area contributed by atoms with Gasteiger partial charge in [0.25, 0.3) is 5.91 Å². The molecule has 0 N–H and O–H groups in total. The van der Waals surface area contributed by atoms with Gasteiger partial charge in [-0.05, 0) is 30.0 Å². The van der Waals surface area contributed by atoms with Crippen LogP contribution in [0, 0.1) is 0 Å². The van der Waals surface area contributed by atoms with Crippen molar-refractivity contribution in [2.45, 2.75) is 0 Å². The quantitative estimate of drug-likeness (QED) is 0.465. The van der Waals surface area contributed by atoms with E-state index in [9.17, 15) is 4.79 Å². The molecule has 0 saturated heterocycles. The second-order valence-corrected chi connectivity index (χ2v) is 2.86. The van der Waals surface area contributed by atoms with Crippen molar-refractivity contribution >= 4 is 29.8 Å². The highest BCUT2D eigenvalue weighted by Gasteiger charge is 2.04. The van der Waals surface area contributed by atoms with Gasteiger partial charge in [-0.15, -0.1) is 0 Å². The van der Waals surface area contributed by atoms with E-state index in [1.807, 2.05) is 12.5 Å². The molecule has 0 rings (SSSR count). The first kappa shape index (κ1) is 8.91. The van der Waals surface area contributed by atoms with Gasteiger partial charge >= 0.3 is 0 Å². The summed E-state index contributed by atoms with van der Waals surface area (Å²) < 4.78 is 1.55. The Morgan fingerprint density at radius 3 is 2.11 bits per heavy atom. The Kier molecular flexibility index (Phi) is 4.71. The first-order chi connectivity index (χ1) is 4.26. The summed E-state index contributed by atoms with van der Waals surface area (Å²) in [5.41, 5.74) is 0. The molecule has 9 heavy (non-hydrogen) atoms. The third-order valence-corrected chi connectivity index (χ3v) is 2.60. The maximum atomic E-state index is 10.7. The zero-order valence-corrected chi connectivity index (χ0v) is 7.09. The molecule has 0 spiro atoms. The third kappa shape index (κ3) is 2.81. The van der Waals surface area contributed by atoms with Gasteiger partial charge in [-0.25, -0.2) is 3.71 Å². The maximum absolute atomic E-state index is 10.7. The average molecular weight is 163 g/mol. The Morgan fingerprint density at radius 2 is 2.00 bits per heavy atom. The molecule has 0 fully saturated rings. The predicted octanol–water partition coefficient (Wildman–Crippen LogP) is 1.56. The van der Waals surface area contributed by atoms with E-state index in [2.05, 4.69) is 6.58 Å². The Labute approximate surface area is 63.9 Å². The van der Waals surface area contributed by atoms with Gasteiger partial charge in [0.2, 0.25) is 0 Å². The van der Waals surface area contributed by atoms with Gasteiger partial charge in [0.1, 0.15) is 0 Å². The second-order valence-electron chi connectivity index (χ2n) is 1.16. The van der Waals surface area contributed by atoms with Crippen LogP contribution in [0.2, 0.25) is 0 Å². The number of nitrogens with zero attached hydrogens (tertiary/aromatic N) is 1. The first-order valence-corrected chi connectivity index (χ1v) is 4.67. The van der Waals surface area contributed by atoms with Crippen LogP contribution in [0.25, 0.3) is 0 Å². The van der Waals surface area contributed by atoms with Crippen LogP contribution in [0.3, 0.4) is 0 Å². The molecule has 0 unspecified atom stereocenters. The minimum Gasteiger partial charge on any atom is -0.268 e. The lowest BCUT2D eigenvalue weighted by Crippen LogP contribution is -2.12. The summed E-state index contributed by atoms with van der Waals surface area (Å²) in [6.45, 7) is 3.36. The highest BCUT2D eigenvalue weighted by atomic mass is 32.2. The molecule has 4 heteroatoms. The number of rotatable bonds is 3. The fourth-order valence-electron chi connectivity index (χ4n) is 0.329. The van der Waals surface area contributed by atoms with Crippen LogP contribution in [0.5, 0.6) is 0 Å². The Bertz CT molecular complexity index is 112. The van der Waals surface area contributed by atoms with Crippen molar-refractivity contribution in [2.24, 2.45) is 0 Å². The van der Waals surface area contributed by atoms with Crippen molar-refractivity contribution in [2.75, 3.05) is 12.5 Å². The van der Waals surface area contributed by atoms with Crippen LogP contribution in [-0.2, 0) is 4.79 Å². The summed E-state index contributed by atoms with van der Waals surface area (Å²) in [5, 5.41) is 0. The summed E-state index contributed by atoms with van der Waals surface area (Å²) in [6, 6.07) is 0. The van der Waals surface area contributed by atoms with Gasteiger partial charge < -0.3 is 0 Å². The first-order valence-electron chi connectivity index (χ1n) is 2.31. The third-order valence-electron chi connectivity index (χ3n) is 0.686. The predicted molar refractivity (Wildman–Crippen MR) is 44.1 cm³/mol. The molecule has 2 nitrogen and oxygen atoms in total. The summed E-state index contributed by atoms with van der Waals surface area (Å²) in [5.74, 6) is -0.0602. The normalized spacial score (nSPS) is 8.67. The Balaban J connectivity index is 3.78. The molecule has 0 aromatic carbocycles. The van der Waals surface area contributed by atoms with Crippen molar-refractivity contribution in [3.05, 3.63) is 12.7 Å².